The zero-order valence-electron chi connectivity index (χ0n) is 13.4. The predicted octanol–water partition coefficient (Wildman–Crippen LogP) is 4.49. The van der Waals surface area contributed by atoms with Crippen LogP contribution in [0.5, 0.6) is 0 Å². The molecule has 0 spiro atoms. The van der Waals surface area contributed by atoms with Crippen LogP contribution in [0.15, 0.2) is 65.9 Å². The number of aromatic nitrogens is 2. The van der Waals surface area contributed by atoms with Gasteiger partial charge >= 0.3 is 0 Å². The molecule has 0 aliphatic heterocycles. The van der Waals surface area contributed by atoms with E-state index in [1.807, 2.05) is 42.5 Å². The Kier molecular flexibility index (Phi) is 4.62. The molecule has 2 aromatic carbocycles. The van der Waals surface area contributed by atoms with Crippen molar-refractivity contribution in [2.75, 3.05) is 5.43 Å². The summed E-state index contributed by atoms with van der Waals surface area (Å²) in [6, 6.07) is 18.3. The number of hydrogen-bond acceptors (Lipinski definition) is 4. The molecule has 0 fully saturated rings. The Morgan fingerprint density at radius 1 is 1.04 bits per heavy atom. The Balaban J connectivity index is 1.93. The fourth-order valence-electron chi connectivity index (χ4n) is 2.48. The highest BCUT2D eigenvalue weighted by atomic mass is 15.3. The molecule has 0 saturated carbocycles. The normalized spacial score (nSPS) is 11.9. The lowest BCUT2D eigenvalue weighted by molar-refractivity contribution is 0.683. The Hall–Kier alpha value is -2.75. The molecule has 0 unspecified atom stereocenters. The van der Waals surface area contributed by atoms with Gasteiger partial charge in [0.05, 0.1) is 11.9 Å². The third-order valence-corrected chi connectivity index (χ3v) is 3.58. The molecule has 0 aliphatic carbocycles. The second-order valence-electron chi connectivity index (χ2n) is 5.91. The molecule has 116 valence electrons. The first-order valence-electron chi connectivity index (χ1n) is 7.82. The van der Waals surface area contributed by atoms with Crippen LogP contribution in [0.4, 0.5) is 5.82 Å². The highest BCUT2D eigenvalue weighted by Crippen LogP contribution is 2.20. The molecule has 1 heterocycles. The van der Waals surface area contributed by atoms with Crippen molar-refractivity contribution in [3.8, 4) is 0 Å². The maximum Gasteiger partial charge on any atom is 0.176 e. The lowest BCUT2D eigenvalue weighted by Gasteiger charge is -2.10. The molecule has 0 aliphatic rings. The molecular formula is C19H20N4. The summed E-state index contributed by atoms with van der Waals surface area (Å²) >= 11 is 0. The van der Waals surface area contributed by atoms with Gasteiger partial charge in [0.1, 0.15) is 0 Å². The second-order valence-corrected chi connectivity index (χ2v) is 5.91. The predicted molar refractivity (Wildman–Crippen MR) is 95.6 cm³/mol. The third kappa shape index (κ3) is 3.72. The van der Waals surface area contributed by atoms with Crippen LogP contribution in [-0.4, -0.2) is 15.9 Å². The van der Waals surface area contributed by atoms with Gasteiger partial charge in [-0.1, -0.05) is 68.4 Å². The molecule has 3 rings (SSSR count). The minimum absolute atomic E-state index is 0.523. The fourth-order valence-corrected chi connectivity index (χ4v) is 2.48. The first-order valence-corrected chi connectivity index (χ1v) is 7.82. The highest BCUT2D eigenvalue weighted by Gasteiger charge is 2.07. The van der Waals surface area contributed by atoms with Crippen LogP contribution in [-0.2, 0) is 0 Å². The molecular weight excluding hydrogens is 284 g/mol. The second kappa shape index (κ2) is 7.01. The summed E-state index contributed by atoms with van der Waals surface area (Å²) in [6.45, 7) is 4.38. The van der Waals surface area contributed by atoms with E-state index >= 15 is 0 Å². The van der Waals surface area contributed by atoms with E-state index in [4.69, 9.17) is 0 Å². The molecule has 0 radical (unpaired) electrons. The van der Waals surface area contributed by atoms with Crippen LogP contribution >= 0.6 is 0 Å². The van der Waals surface area contributed by atoms with Crippen molar-refractivity contribution in [1.82, 2.24) is 10.2 Å². The summed E-state index contributed by atoms with van der Waals surface area (Å²) in [5.41, 5.74) is 5.26. The van der Waals surface area contributed by atoms with E-state index in [0.717, 1.165) is 28.5 Å². The Bertz CT molecular complexity index is 804. The van der Waals surface area contributed by atoms with Crippen LogP contribution in [0.3, 0.4) is 0 Å². The average molecular weight is 304 g/mol. The van der Waals surface area contributed by atoms with Gasteiger partial charge in [-0.2, -0.15) is 10.2 Å². The first kappa shape index (κ1) is 15.2. The monoisotopic (exact) mass is 304 g/mol. The number of nitrogens with zero attached hydrogens (tertiary/aromatic N) is 3. The van der Waals surface area contributed by atoms with E-state index in [1.165, 1.54) is 0 Å². The van der Waals surface area contributed by atoms with Crippen molar-refractivity contribution in [2.24, 2.45) is 11.0 Å². The van der Waals surface area contributed by atoms with Gasteiger partial charge in [0.2, 0.25) is 0 Å². The van der Waals surface area contributed by atoms with Gasteiger partial charge in [0.15, 0.2) is 5.82 Å². The van der Waals surface area contributed by atoms with Crippen molar-refractivity contribution in [3.63, 3.8) is 0 Å². The van der Waals surface area contributed by atoms with Gasteiger partial charge in [-0.3, -0.25) is 5.43 Å². The number of rotatable bonds is 5. The smallest absolute Gasteiger partial charge is 0.176 e. The van der Waals surface area contributed by atoms with Crippen molar-refractivity contribution >= 4 is 22.3 Å². The summed E-state index contributed by atoms with van der Waals surface area (Å²) in [5, 5.41) is 14.9. The first-order chi connectivity index (χ1) is 11.2. The van der Waals surface area contributed by atoms with Crippen LogP contribution in [0.1, 0.15) is 25.8 Å². The molecule has 23 heavy (non-hydrogen) atoms. The lowest BCUT2D eigenvalue weighted by atomic mass is 10.0. The number of hydrogen-bond donors (Lipinski definition) is 1. The largest absolute Gasteiger partial charge is 0.259 e. The molecule has 4 nitrogen and oxygen atoms in total. The van der Waals surface area contributed by atoms with Crippen LogP contribution in [0.2, 0.25) is 0 Å². The molecule has 0 amide bonds. The SMILES string of the molecule is CC(C)C/C(=N/Nc1nncc2ccccc12)c1ccccc1. The highest BCUT2D eigenvalue weighted by molar-refractivity contribution is 6.01. The molecule has 4 heteroatoms. The van der Waals surface area contributed by atoms with Gasteiger partial charge in [0, 0.05) is 10.8 Å². The Labute approximate surface area is 136 Å². The maximum absolute atomic E-state index is 4.62. The topological polar surface area (TPSA) is 50.2 Å². The summed E-state index contributed by atoms with van der Waals surface area (Å²) in [5.74, 6) is 1.20. The standard InChI is InChI=1S/C19H20N4/c1-14(2)12-18(15-8-4-3-5-9-15)21-23-19-17-11-7-6-10-16(17)13-20-22-19/h3-11,13-14H,12H2,1-2H3,(H,22,23)/b21-18-. The van der Waals surface area contributed by atoms with Gasteiger partial charge in [-0.15, -0.1) is 5.10 Å². The third-order valence-electron chi connectivity index (χ3n) is 3.58. The van der Waals surface area contributed by atoms with Crippen LogP contribution in [0.25, 0.3) is 10.8 Å². The summed E-state index contributed by atoms with van der Waals surface area (Å²) in [6.07, 6.45) is 2.66. The molecule has 3 aromatic rings. The molecule has 1 aromatic heterocycles. The van der Waals surface area contributed by atoms with Gasteiger partial charge in [0.25, 0.3) is 0 Å². The van der Waals surface area contributed by atoms with Gasteiger partial charge < -0.3 is 0 Å². The number of fused-ring (bicyclic) bond motifs is 1. The van der Waals surface area contributed by atoms with Crippen molar-refractivity contribution in [2.45, 2.75) is 20.3 Å². The Morgan fingerprint density at radius 2 is 1.78 bits per heavy atom. The van der Waals surface area contributed by atoms with Gasteiger partial charge in [-0.25, -0.2) is 0 Å². The van der Waals surface area contributed by atoms with Crippen molar-refractivity contribution in [3.05, 3.63) is 66.4 Å². The van der Waals surface area contributed by atoms with Crippen molar-refractivity contribution in [1.29, 1.82) is 0 Å². The Morgan fingerprint density at radius 3 is 2.57 bits per heavy atom. The molecule has 1 N–H and O–H groups in total. The van der Waals surface area contributed by atoms with E-state index in [9.17, 15) is 0 Å². The van der Waals surface area contributed by atoms with E-state index in [1.54, 1.807) is 6.20 Å². The van der Waals surface area contributed by atoms with Crippen LogP contribution < -0.4 is 5.43 Å². The lowest BCUT2D eigenvalue weighted by Crippen LogP contribution is -2.08. The molecule has 0 saturated heterocycles. The number of hydrazone groups is 1. The van der Waals surface area contributed by atoms with Crippen LogP contribution in [0, 0.1) is 5.92 Å². The van der Waals surface area contributed by atoms with E-state index in [0.29, 0.717) is 11.7 Å². The minimum atomic E-state index is 0.523. The number of benzene rings is 2. The summed E-state index contributed by atoms with van der Waals surface area (Å²) in [4.78, 5) is 0. The average Bonchev–Trinajstić information content (AvgIpc) is 2.59. The zero-order chi connectivity index (χ0) is 16.1. The number of anilines is 1. The minimum Gasteiger partial charge on any atom is -0.259 e. The summed E-state index contributed by atoms with van der Waals surface area (Å²) in [7, 11) is 0. The van der Waals surface area contributed by atoms with Gasteiger partial charge in [-0.05, 0) is 17.9 Å². The van der Waals surface area contributed by atoms with E-state index in [2.05, 4.69) is 46.7 Å². The quantitative estimate of drug-likeness (QED) is 0.558. The molecule has 0 bridgehead atoms. The zero-order valence-corrected chi connectivity index (χ0v) is 13.4. The van der Waals surface area contributed by atoms with Crippen molar-refractivity contribution < 1.29 is 0 Å². The maximum atomic E-state index is 4.62. The fraction of sp³-hybridized carbons (Fsp3) is 0.211. The number of nitrogens with one attached hydrogen (secondary N) is 1. The van der Waals surface area contributed by atoms with E-state index in [-0.39, 0.29) is 0 Å². The molecule has 0 atom stereocenters. The summed E-state index contributed by atoms with van der Waals surface area (Å²) < 4.78 is 0. The van der Waals surface area contributed by atoms with E-state index < -0.39 is 0 Å².